The van der Waals surface area contributed by atoms with E-state index in [0.717, 1.165) is 30.7 Å². The molecule has 1 aliphatic heterocycles. The number of carbonyl (C=O) groups is 1. The highest BCUT2D eigenvalue weighted by Crippen LogP contribution is 2.19. The second-order valence-electron chi connectivity index (χ2n) is 7.48. The minimum absolute atomic E-state index is 0.0446. The summed E-state index contributed by atoms with van der Waals surface area (Å²) < 4.78 is 7.18. The number of aromatic nitrogens is 2. The molecule has 8 heteroatoms. The number of thiazole rings is 1. The summed E-state index contributed by atoms with van der Waals surface area (Å²) in [6.07, 6.45) is 2.06. The number of hydrogen-bond acceptors (Lipinski definition) is 6. The molecule has 1 aliphatic rings. The Kier molecular flexibility index (Phi) is 5.75. The fourth-order valence-corrected chi connectivity index (χ4v) is 4.47. The van der Waals surface area contributed by atoms with Gasteiger partial charge in [-0.3, -0.25) is 14.5 Å². The maximum atomic E-state index is 12.5. The fourth-order valence-electron chi connectivity index (χ4n) is 3.75. The lowest BCUT2D eigenvalue weighted by atomic mass is 10.2. The average molecular weight is 413 g/mol. The summed E-state index contributed by atoms with van der Waals surface area (Å²) in [7, 11) is 0. The van der Waals surface area contributed by atoms with Crippen molar-refractivity contribution < 1.29 is 9.53 Å². The molecule has 7 nitrogen and oxygen atoms in total. The van der Waals surface area contributed by atoms with E-state index in [4.69, 9.17) is 4.74 Å². The van der Waals surface area contributed by atoms with E-state index < -0.39 is 0 Å². The molecule has 1 saturated heterocycles. The van der Waals surface area contributed by atoms with Crippen molar-refractivity contribution >= 4 is 33.1 Å². The monoisotopic (exact) mass is 412 g/mol. The molecule has 1 aromatic carbocycles. The minimum atomic E-state index is -0.267. The lowest BCUT2D eigenvalue weighted by Gasteiger charge is -2.34. The number of rotatable bonds is 5. The lowest BCUT2D eigenvalue weighted by molar-refractivity contribution is -0.116. The molecule has 1 fully saturated rings. The molecule has 1 amide bonds. The van der Waals surface area contributed by atoms with Crippen LogP contribution in [0.5, 0.6) is 0 Å². The zero-order valence-electron chi connectivity index (χ0n) is 16.5. The van der Waals surface area contributed by atoms with Gasteiger partial charge in [-0.1, -0.05) is 18.2 Å². The van der Waals surface area contributed by atoms with Gasteiger partial charge in [-0.15, -0.1) is 11.3 Å². The molecule has 1 N–H and O–H groups in total. The van der Waals surface area contributed by atoms with E-state index >= 15 is 0 Å². The second-order valence-corrected chi connectivity index (χ2v) is 8.34. The van der Waals surface area contributed by atoms with Gasteiger partial charge in [-0.25, -0.2) is 4.98 Å². The van der Waals surface area contributed by atoms with Crippen molar-refractivity contribution in [3.05, 3.63) is 58.0 Å². The van der Waals surface area contributed by atoms with Crippen molar-refractivity contribution in [2.24, 2.45) is 0 Å². The molecule has 2 atom stereocenters. The van der Waals surface area contributed by atoms with E-state index in [1.165, 1.54) is 15.9 Å². The van der Waals surface area contributed by atoms with Crippen LogP contribution in [0.3, 0.4) is 0 Å². The summed E-state index contributed by atoms with van der Waals surface area (Å²) in [4.78, 5) is 31.8. The van der Waals surface area contributed by atoms with Crippen LogP contribution in [0.4, 0.5) is 5.13 Å². The van der Waals surface area contributed by atoms with Crippen molar-refractivity contribution in [1.82, 2.24) is 14.5 Å². The van der Waals surface area contributed by atoms with Gasteiger partial charge in [0.1, 0.15) is 6.54 Å². The van der Waals surface area contributed by atoms with Crippen LogP contribution in [0.15, 0.2) is 46.7 Å². The van der Waals surface area contributed by atoms with Crippen LogP contribution >= 0.6 is 11.3 Å². The smallest absolute Gasteiger partial charge is 0.258 e. The molecule has 0 aliphatic carbocycles. The van der Waals surface area contributed by atoms with Crippen LogP contribution in [0.25, 0.3) is 10.8 Å². The molecule has 4 rings (SSSR count). The summed E-state index contributed by atoms with van der Waals surface area (Å²) in [6, 6.07) is 9.20. The maximum Gasteiger partial charge on any atom is 0.258 e. The van der Waals surface area contributed by atoms with Gasteiger partial charge in [0.2, 0.25) is 5.91 Å². The Hall–Kier alpha value is -2.55. The van der Waals surface area contributed by atoms with Gasteiger partial charge in [0, 0.05) is 36.6 Å². The first kappa shape index (κ1) is 19.8. The molecule has 0 radical (unpaired) electrons. The number of fused-ring (bicyclic) bond motifs is 1. The summed E-state index contributed by atoms with van der Waals surface area (Å²) in [5, 5.41) is 6.79. The van der Waals surface area contributed by atoms with E-state index in [1.54, 1.807) is 12.3 Å². The molecule has 3 heterocycles. The van der Waals surface area contributed by atoms with Gasteiger partial charge in [0.15, 0.2) is 5.13 Å². The number of nitrogens with zero attached hydrogens (tertiary/aromatic N) is 3. The van der Waals surface area contributed by atoms with Crippen LogP contribution in [0.1, 0.15) is 19.5 Å². The Morgan fingerprint density at radius 3 is 2.79 bits per heavy atom. The van der Waals surface area contributed by atoms with Gasteiger partial charge in [-0.05, 0) is 31.4 Å². The molecule has 29 heavy (non-hydrogen) atoms. The predicted molar refractivity (Wildman–Crippen MR) is 114 cm³/mol. The first-order valence-corrected chi connectivity index (χ1v) is 10.6. The zero-order chi connectivity index (χ0) is 20.4. The Morgan fingerprint density at radius 2 is 2.00 bits per heavy atom. The minimum Gasteiger partial charge on any atom is -0.373 e. The summed E-state index contributed by atoms with van der Waals surface area (Å²) >= 11 is 1.40. The number of ether oxygens (including phenoxy) is 1. The van der Waals surface area contributed by atoms with Crippen LogP contribution in [0.2, 0.25) is 0 Å². The standard InChI is InChI=1S/C21H24N4O3S/c1-14-9-24(10-15(2)28-14)11-17-13-29-21(22-17)23-19(26)12-25-8-7-16-5-3-4-6-18(16)20(25)27/h3-8,13-15H,9-12H2,1-2H3,(H,22,23,26)/t14-,15-/m0/s1. The van der Waals surface area contributed by atoms with Gasteiger partial charge in [0.25, 0.3) is 5.56 Å². The van der Waals surface area contributed by atoms with Gasteiger partial charge in [-0.2, -0.15) is 0 Å². The lowest BCUT2D eigenvalue weighted by Crippen LogP contribution is -2.44. The molecule has 2 aromatic heterocycles. The molecular formula is C21H24N4O3S. The highest BCUT2D eigenvalue weighted by Gasteiger charge is 2.22. The number of hydrogen-bond donors (Lipinski definition) is 1. The third kappa shape index (κ3) is 4.72. The van der Waals surface area contributed by atoms with E-state index in [9.17, 15) is 9.59 Å². The number of benzene rings is 1. The van der Waals surface area contributed by atoms with Crippen molar-refractivity contribution in [2.75, 3.05) is 18.4 Å². The van der Waals surface area contributed by atoms with Crippen molar-refractivity contribution in [2.45, 2.75) is 39.1 Å². The van der Waals surface area contributed by atoms with Gasteiger partial charge in [0.05, 0.1) is 17.9 Å². The van der Waals surface area contributed by atoms with E-state index in [2.05, 4.69) is 29.0 Å². The highest BCUT2D eigenvalue weighted by molar-refractivity contribution is 7.13. The highest BCUT2D eigenvalue weighted by atomic mass is 32.1. The van der Waals surface area contributed by atoms with Crippen molar-refractivity contribution in [1.29, 1.82) is 0 Å². The predicted octanol–water partition coefficient (Wildman–Crippen LogP) is 2.71. The van der Waals surface area contributed by atoms with Crippen LogP contribution in [0, 0.1) is 0 Å². The largest absolute Gasteiger partial charge is 0.373 e. The molecule has 0 unspecified atom stereocenters. The Bertz CT molecular complexity index is 1070. The number of pyridine rings is 1. The van der Waals surface area contributed by atoms with E-state index in [-0.39, 0.29) is 30.2 Å². The fraction of sp³-hybridized carbons (Fsp3) is 0.381. The topological polar surface area (TPSA) is 76.5 Å². The zero-order valence-corrected chi connectivity index (χ0v) is 17.3. The average Bonchev–Trinajstić information content (AvgIpc) is 3.10. The van der Waals surface area contributed by atoms with E-state index in [0.29, 0.717) is 10.5 Å². The summed E-state index contributed by atoms with van der Waals surface area (Å²) in [5.74, 6) is -0.267. The van der Waals surface area contributed by atoms with E-state index in [1.807, 2.05) is 29.6 Å². The Morgan fingerprint density at radius 1 is 1.24 bits per heavy atom. The van der Waals surface area contributed by atoms with Crippen molar-refractivity contribution in [3.63, 3.8) is 0 Å². The summed E-state index contributed by atoms with van der Waals surface area (Å²) in [5.41, 5.74) is 0.753. The normalized spacial score (nSPS) is 20.1. The van der Waals surface area contributed by atoms with Crippen molar-refractivity contribution in [3.8, 4) is 0 Å². The number of carbonyl (C=O) groups excluding carboxylic acids is 1. The number of amides is 1. The van der Waals surface area contributed by atoms with Crippen LogP contribution in [-0.2, 0) is 22.6 Å². The number of anilines is 1. The first-order chi connectivity index (χ1) is 14.0. The number of nitrogens with one attached hydrogen (secondary N) is 1. The molecule has 0 bridgehead atoms. The first-order valence-electron chi connectivity index (χ1n) is 9.68. The molecule has 0 spiro atoms. The Balaban J connectivity index is 1.38. The van der Waals surface area contributed by atoms with Gasteiger partial charge >= 0.3 is 0 Å². The quantitative estimate of drug-likeness (QED) is 0.697. The van der Waals surface area contributed by atoms with Crippen LogP contribution < -0.4 is 10.9 Å². The van der Waals surface area contributed by atoms with Gasteiger partial charge < -0.3 is 14.6 Å². The molecule has 0 saturated carbocycles. The summed E-state index contributed by atoms with van der Waals surface area (Å²) in [6.45, 7) is 6.57. The SMILES string of the molecule is C[C@H]1CN(Cc2csc(NC(=O)Cn3ccc4ccccc4c3=O)n2)C[C@H](C)O1. The molecule has 152 valence electrons. The van der Waals surface area contributed by atoms with Crippen LogP contribution in [-0.4, -0.2) is 45.7 Å². The molecule has 3 aromatic rings. The molecular weight excluding hydrogens is 388 g/mol. The second kappa shape index (κ2) is 8.44. The third-order valence-corrected chi connectivity index (χ3v) is 5.69. The maximum absolute atomic E-state index is 12.5. The third-order valence-electron chi connectivity index (χ3n) is 4.88. The number of morpholine rings is 1. The Labute approximate surface area is 172 Å².